The van der Waals surface area contributed by atoms with E-state index in [0.29, 0.717) is 15.7 Å². The van der Waals surface area contributed by atoms with Gasteiger partial charge in [-0.1, -0.05) is 40.9 Å². The molecule has 0 heterocycles. The molecule has 2 N–H and O–H groups in total. The average Bonchev–Trinajstić information content (AvgIpc) is 2.38. The lowest BCUT2D eigenvalue weighted by Crippen LogP contribution is -2.21. The lowest BCUT2D eigenvalue weighted by Gasteiger charge is -2.08. The van der Waals surface area contributed by atoms with Crippen molar-refractivity contribution in [3.05, 3.63) is 58.1 Å². The van der Waals surface area contributed by atoms with Gasteiger partial charge in [-0.05, 0) is 37.3 Å². The van der Waals surface area contributed by atoms with Crippen molar-refractivity contribution in [1.82, 2.24) is 0 Å². The van der Waals surface area contributed by atoms with Crippen LogP contribution in [0.3, 0.4) is 0 Å². The first kappa shape index (κ1) is 14.7. The summed E-state index contributed by atoms with van der Waals surface area (Å²) < 4.78 is 0. The molecule has 0 aromatic heterocycles. The van der Waals surface area contributed by atoms with Gasteiger partial charge in [0.15, 0.2) is 0 Å². The van der Waals surface area contributed by atoms with Crippen LogP contribution >= 0.6 is 23.2 Å². The first-order valence-corrected chi connectivity index (χ1v) is 6.85. The van der Waals surface area contributed by atoms with Crippen molar-refractivity contribution in [3.63, 3.8) is 0 Å². The van der Waals surface area contributed by atoms with Gasteiger partial charge in [-0.25, -0.2) is 0 Å². The number of amides is 1. The normalized spacial score (nSPS) is 10.2. The van der Waals surface area contributed by atoms with Crippen LogP contribution in [0.5, 0.6) is 0 Å². The van der Waals surface area contributed by atoms with E-state index in [-0.39, 0.29) is 12.5 Å². The van der Waals surface area contributed by atoms with Gasteiger partial charge in [0.2, 0.25) is 5.91 Å². The molecular weight excluding hydrogens is 295 g/mol. The van der Waals surface area contributed by atoms with Crippen molar-refractivity contribution in [2.75, 3.05) is 17.2 Å². The molecule has 2 aromatic rings. The first-order chi connectivity index (χ1) is 9.52. The maximum Gasteiger partial charge on any atom is 0.243 e. The standard InChI is InChI=1S/C15H14Cl2N2O/c1-10-2-4-13(5-3-10)19-15(20)9-18-14-7-11(16)6-12(17)8-14/h2-8,18H,9H2,1H3,(H,19,20). The Morgan fingerprint density at radius 3 is 2.20 bits per heavy atom. The second-order valence-corrected chi connectivity index (χ2v) is 5.30. The van der Waals surface area contributed by atoms with E-state index in [1.807, 2.05) is 31.2 Å². The Morgan fingerprint density at radius 2 is 1.60 bits per heavy atom. The summed E-state index contributed by atoms with van der Waals surface area (Å²) in [5, 5.41) is 6.83. The molecule has 0 spiro atoms. The highest BCUT2D eigenvalue weighted by Gasteiger charge is 2.03. The van der Waals surface area contributed by atoms with Gasteiger partial charge in [-0.15, -0.1) is 0 Å². The van der Waals surface area contributed by atoms with E-state index in [2.05, 4.69) is 10.6 Å². The van der Waals surface area contributed by atoms with E-state index >= 15 is 0 Å². The van der Waals surface area contributed by atoms with Gasteiger partial charge >= 0.3 is 0 Å². The summed E-state index contributed by atoms with van der Waals surface area (Å²) in [7, 11) is 0. The van der Waals surface area contributed by atoms with Crippen LogP contribution < -0.4 is 10.6 Å². The number of anilines is 2. The van der Waals surface area contributed by atoms with Gasteiger partial charge in [-0.2, -0.15) is 0 Å². The van der Waals surface area contributed by atoms with Crippen molar-refractivity contribution < 1.29 is 4.79 Å². The molecular formula is C15H14Cl2N2O. The molecule has 3 nitrogen and oxygen atoms in total. The molecule has 20 heavy (non-hydrogen) atoms. The van der Waals surface area contributed by atoms with Crippen LogP contribution in [0.25, 0.3) is 0 Å². The fourth-order valence-corrected chi connectivity index (χ4v) is 2.21. The van der Waals surface area contributed by atoms with Gasteiger partial charge < -0.3 is 10.6 Å². The molecule has 0 fully saturated rings. The molecule has 0 atom stereocenters. The predicted molar refractivity (Wildman–Crippen MR) is 84.8 cm³/mol. The molecule has 0 bridgehead atoms. The molecule has 0 saturated carbocycles. The Morgan fingerprint density at radius 1 is 1.00 bits per heavy atom. The van der Waals surface area contributed by atoms with Gasteiger partial charge in [0.1, 0.15) is 0 Å². The molecule has 0 radical (unpaired) electrons. The summed E-state index contributed by atoms with van der Waals surface area (Å²) in [5.74, 6) is -0.134. The zero-order valence-corrected chi connectivity index (χ0v) is 12.4. The first-order valence-electron chi connectivity index (χ1n) is 6.09. The van der Waals surface area contributed by atoms with Gasteiger partial charge in [0, 0.05) is 21.4 Å². The Balaban J connectivity index is 1.90. The fourth-order valence-electron chi connectivity index (χ4n) is 1.68. The molecule has 0 aliphatic rings. The molecule has 5 heteroatoms. The lowest BCUT2D eigenvalue weighted by atomic mass is 10.2. The Labute approximate surface area is 127 Å². The minimum absolute atomic E-state index is 0.134. The third kappa shape index (κ3) is 4.44. The molecule has 2 rings (SSSR count). The summed E-state index contributed by atoms with van der Waals surface area (Å²) in [5.41, 5.74) is 2.63. The van der Waals surface area contributed by atoms with Gasteiger partial charge in [-0.3, -0.25) is 4.79 Å². The number of benzene rings is 2. The number of nitrogens with one attached hydrogen (secondary N) is 2. The van der Waals surface area contributed by atoms with E-state index < -0.39 is 0 Å². The van der Waals surface area contributed by atoms with Crippen LogP contribution in [0.2, 0.25) is 10.0 Å². The van der Waals surface area contributed by atoms with Crippen LogP contribution in [0.4, 0.5) is 11.4 Å². The highest BCUT2D eigenvalue weighted by atomic mass is 35.5. The third-order valence-electron chi connectivity index (χ3n) is 2.65. The zero-order chi connectivity index (χ0) is 14.5. The van der Waals surface area contributed by atoms with E-state index in [9.17, 15) is 4.79 Å². The van der Waals surface area contributed by atoms with Crippen LogP contribution in [0.15, 0.2) is 42.5 Å². The third-order valence-corrected chi connectivity index (χ3v) is 3.09. The van der Waals surface area contributed by atoms with Crippen molar-refractivity contribution in [2.24, 2.45) is 0 Å². The number of hydrogen-bond donors (Lipinski definition) is 2. The Kier molecular flexibility index (Phi) is 4.88. The number of halogens is 2. The minimum atomic E-state index is -0.134. The second kappa shape index (κ2) is 6.64. The SMILES string of the molecule is Cc1ccc(NC(=O)CNc2cc(Cl)cc(Cl)c2)cc1. The zero-order valence-electron chi connectivity index (χ0n) is 10.9. The highest BCUT2D eigenvalue weighted by Crippen LogP contribution is 2.22. The maximum absolute atomic E-state index is 11.8. The molecule has 0 saturated heterocycles. The molecule has 1 amide bonds. The van der Waals surface area contributed by atoms with E-state index in [1.54, 1.807) is 18.2 Å². The molecule has 104 valence electrons. The highest BCUT2D eigenvalue weighted by molar-refractivity contribution is 6.35. The van der Waals surface area contributed by atoms with Crippen LogP contribution in [-0.2, 0) is 4.79 Å². The number of rotatable bonds is 4. The Hall–Kier alpha value is -1.71. The number of carbonyl (C=O) groups is 1. The molecule has 2 aromatic carbocycles. The number of aryl methyl sites for hydroxylation is 1. The molecule has 0 aliphatic heterocycles. The molecule has 0 aliphatic carbocycles. The Bertz CT molecular complexity index is 592. The smallest absolute Gasteiger partial charge is 0.243 e. The summed E-state index contributed by atoms with van der Waals surface area (Å²) in [4.78, 5) is 11.8. The van der Waals surface area contributed by atoms with Crippen molar-refractivity contribution in [3.8, 4) is 0 Å². The fraction of sp³-hybridized carbons (Fsp3) is 0.133. The summed E-state index contributed by atoms with van der Waals surface area (Å²) in [6.45, 7) is 2.14. The number of hydrogen-bond acceptors (Lipinski definition) is 2. The average molecular weight is 309 g/mol. The van der Waals surface area contributed by atoms with Crippen LogP contribution in [0.1, 0.15) is 5.56 Å². The van der Waals surface area contributed by atoms with Crippen LogP contribution in [0, 0.1) is 6.92 Å². The van der Waals surface area contributed by atoms with E-state index in [4.69, 9.17) is 23.2 Å². The summed E-state index contributed by atoms with van der Waals surface area (Å²) in [6.07, 6.45) is 0. The van der Waals surface area contributed by atoms with Gasteiger partial charge in [0.05, 0.1) is 6.54 Å². The van der Waals surface area contributed by atoms with Gasteiger partial charge in [0.25, 0.3) is 0 Å². The maximum atomic E-state index is 11.8. The van der Waals surface area contributed by atoms with Crippen molar-refractivity contribution in [2.45, 2.75) is 6.92 Å². The summed E-state index contributed by atoms with van der Waals surface area (Å²) in [6, 6.07) is 12.7. The topological polar surface area (TPSA) is 41.1 Å². The second-order valence-electron chi connectivity index (χ2n) is 4.43. The van der Waals surface area contributed by atoms with Crippen molar-refractivity contribution >= 4 is 40.5 Å². The molecule has 0 unspecified atom stereocenters. The van der Waals surface area contributed by atoms with Crippen LogP contribution in [-0.4, -0.2) is 12.5 Å². The van der Waals surface area contributed by atoms with E-state index in [0.717, 1.165) is 11.3 Å². The quantitative estimate of drug-likeness (QED) is 0.881. The minimum Gasteiger partial charge on any atom is -0.376 e. The largest absolute Gasteiger partial charge is 0.376 e. The van der Waals surface area contributed by atoms with Crippen molar-refractivity contribution in [1.29, 1.82) is 0 Å². The lowest BCUT2D eigenvalue weighted by molar-refractivity contribution is -0.114. The summed E-state index contributed by atoms with van der Waals surface area (Å²) >= 11 is 11.8. The predicted octanol–water partition coefficient (Wildman–Crippen LogP) is 4.35. The van der Waals surface area contributed by atoms with E-state index in [1.165, 1.54) is 0 Å². The monoisotopic (exact) mass is 308 g/mol. The number of carbonyl (C=O) groups excluding carboxylic acids is 1.